The molecule has 0 N–H and O–H groups in total. The molecule has 2 aromatic carbocycles. The number of hydrogen-bond acceptors (Lipinski definition) is 4. The van der Waals surface area contributed by atoms with E-state index < -0.39 is 34.5 Å². The minimum absolute atomic E-state index is 0.175. The molecule has 1 aliphatic rings. The van der Waals surface area contributed by atoms with Gasteiger partial charge < -0.3 is 4.90 Å². The van der Waals surface area contributed by atoms with Gasteiger partial charge in [-0.15, -0.1) is 0 Å². The summed E-state index contributed by atoms with van der Waals surface area (Å²) in [6, 6.07) is 10.7. The summed E-state index contributed by atoms with van der Waals surface area (Å²) in [5, 5.41) is 3.94. The minimum Gasteiger partial charge on any atom is -0.337 e. The third kappa shape index (κ3) is 3.66. The van der Waals surface area contributed by atoms with Gasteiger partial charge in [-0.05, 0) is 42.7 Å². The number of rotatable bonds is 4. The second-order valence-corrected chi connectivity index (χ2v) is 7.01. The average molecular weight is 412 g/mol. The molecule has 0 saturated carbocycles. The number of halogens is 2. The smallest absolute Gasteiger partial charge is 0.337 e. The van der Waals surface area contributed by atoms with Gasteiger partial charge in [-0.2, -0.15) is 9.78 Å². The molecule has 1 fully saturated rings. The van der Waals surface area contributed by atoms with Crippen molar-refractivity contribution in [3.8, 4) is 5.69 Å². The maximum Gasteiger partial charge on any atom is 0.352 e. The van der Waals surface area contributed by atoms with Crippen LogP contribution in [0.1, 0.15) is 28.9 Å². The maximum absolute atomic E-state index is 14.4. The van der Waals surface area contributed by atoms with Crippen molar-refractivity contribution in [3.63, 3.8) is 0 Å². The first-order valence-corrected chi connectivity index (χ1v) is 9.48. The van der Waals surface area contributed by atoms with Gasteiger partial charge in [0.25, 0.3) is 11.5 Å². The molecule has 0 atom stereocenters. The molecule has 0 bridgehead atoms. The summed E-state index contributed by atoms with van der Waals surface area (Å²) in [5.41, 5.74) is -1.92. The number of benzene rings is 2. The van der Waals surface area contributed by atoms with Crippen LogP contribution in [0.15, 0.2) is 58.1 Å². The normalized spacial score (nSPS) is 13.6. The molecule has 2 heterocycles. The molecule has 9 heteroatoms. The lowest BCUT2D eigenvalue weighted by Crippen LogP contribution is -2.46. The molecule has 0 aliphatic carbocycles. The average Bonchev–Trinajstić information content (AvgIpc) is 3.28. The summed E-state index contributed by atoms with van der Waals surface area (Å²) in [4.78, 5) is 40.4. The van der Waals surface area contributed by atoms with E-state index in [9.17, 15) is 23.2 Å². The number of hydrogen-bond donors (Lipinski definition) is 0. The summed E-state index contributed by atoms with van der Waals surface area (Å²) in [6.07, 6.45) is 1.62. The number of aromatic nitrogens is 3. The lowest BCUT2D eigenvalue weighted by molar-refractivity contribution is 0.0781. The van der Waals surface area contributed by atoms with Crippen LogP contribution in [0.3, 0.4) is 0 Å². The molecule has 0 radical (unpaired) electrons. The van der Waals surface area contributed by atoms with Crippen LogP contribution in [-0.2, 0) is 6.54 Å². The lowest BCUT2D eigenvalue weighted by Gasteiger charge is -2.17. The summed E-state index contributed by atoms with van der Waals surface area (Å²) in [6.45, 7) is 0.753. The highest BCUT2D eigenvalue weighted by Gasteiger charge is 2.27. The van der Waals surface area contributed by atoms with Crippen molar-refractivity contribution in [2.75, 3.05) is 13.1 Å². The van der Waals surface area contributed by atoms with E-state index in [0.29, 0.717) is 18.7 Å². The zero-order valence-corrected chi connectivity index (χ0v) is 15.9. The van der Waals surface area contributed by atoms with Crippen molar-refractivity contribution in [3.05, 3.63) is 92.3 Å². The van der Waals surface area contributed by atoms with E-state index in [1.165, 1.54) is 47.4 Å². The van der Waals surface area contributed by atoms with Crippen molar-refractivity contribution >= 4 is 5.91 Å². The van der Waals surface area contributed by atoms with Crippen LogP contribution in [0.2, 0.25) is 0 Å². The van der Waals surface area contributed by atoms with Crippen LogP contribution < -0.4 is 11.2 Å². The molecule has 0 spiro atoms. The Bertz CT molecular complexity index is 1210. The van der Waals surface area contributed by atoms with Crippen molar-refractivity contribution in [1.29, 1.82) is 0 Å². The molecule has 0 unspecified atom stereocenters. The van der Waals surface area contributed by atoms with Crippen molar-refractivity contribution in [2.45, 2.75) is 19.4 Å². The number of carbonyl (C=O) groups excluding carboxylic acids is 1. The van der Waals surface area contributed by atoms with Crippen LogP contribution in [0.25, 0.3) is 5.69 Å². The Hall–Kier alpha value is -3.62. The van der Waals surface area contributed by atoms with Gasteiger partial charge in [-0.1, -0.05) is 24.3 Å². The Morgan fingerprint density at radius 1 is 0.967 bits per heavy atom. The van der Waals surface area contributed by atoms with Gasteiger partial charge in [0.05, 0.1) is 6.54 Å². The lowest BCUT2D eigenvalue weighted by atomic mass is 10.2. The Labute approximate surface area is 169 Å². The predicted molar refractivity (Wildman–Crippen MR) is 105 cm³/mol. The highest BCUT2D eigenvalue weighted by Crippen LogP contribution is 2.12. The van der Waals surface area contributed by atoms with Gasteiger partial charge in [0.2, 0.25) is 5.69 Å². The van der Waals surface area contributed by atoms with Crippen molar-refractivity contribution in [2.24, 2.45) is 0 Å². The quantitative estimate of drug-likeness (QED) is 0.657. The highest BCUT2D eigenvalue weighted by atomic mass is 19.1. The number of carbonyl (C=O) groups is 1. The Kier molecular flexibility index (Phi) is 5.26. The molecule has 1 amide bonds. The molecular weight excluding hydrogens is 394 g/mol. The van der Waals surface area contributed by atoms with E-state index in [-0.39, 0.29) is 12.2 Å². The number of para-hydroxylation sites is 1. The van der Waals surface area contributed by atoms with Crippen LogP contribution in [-0.4, -0.2) is 38.2 Å². The van der Waals surface area contributed by atoms with E-state index in [0.717, 1.165) is 28.2 Å². The van der Waals surface area contributed by atoms with E-state index in [2.05, 4.69) is 5.10 Å². The van der Waals surface area contributed by atoms with Gasteiger partial charge in [0.1, 0.15) is 17.3 Å². The third-order valence-corrected chi connectivity index (χ3v) is 4.99. The summed E-state index contributed by atoms with van der Waals surface area (Å²) < 4.78 is 29.1. The largest absolute Gasteiger partial charge is 0.352 e. The SMILES string of the molecule is O=C(c1nn(-c2ccccc2F)c(=O)n(Cc2ccc(F)cc2)c1=O)N1CCCC1. The highest BCUT2D eigenvalue weighted by molar-refractivity contribution is 5.92. The predicted octanol–water partition coefficient (Wildman–Crippen LogP) is 1.96. The summed E-state index contributed by atoms with van der Waals surface area (Å²) >= 11 is 0. The molecule has 30 heavy (non-hydrogen) atoms. The number of nitrogens with zero attached hydrogens (tertiary/aromatic N) is 4. The second-order valence-electron chi connectivity index (χ2n) is 7.01. The van der Waals surface area contributed by atoms with Crippen LogP contribution in [0.4, 0.5) is 8.78 Å². The maximum atomic E-state index is 14.4. The van der Waals surface area contributed by atoms with E-state index in [1.54, 1.807) is 0 Å². The summed E-state index contributed by atoms with van der Waals surface area (Å²) in [5.74, 6) is -1.79. The molecule has 7 nitrogen and oxygen atoms in total. The molecular formula is C21H18F2N4O3. The van der Waals surface area contributed by atoms with Gasteiger partial charge in [0, 0.05) is 13.1 Å². The fraction of sp³-hybridized carbons (Fsp3) is 0.238. The molecule has 154 valence electrons. The fourth-order valence-corrected chi connectivity index (χ4v) is 3.41. The first-order chi connectivity index (χ1) is 14.5. The van der Waals surface area contributed by atoms with E-state index in [1.807, 2.05) is 0 Å². The zero-order valence-electron chi connectivity index (χ0n) is 15.9. The van der Waals surface area contributed by atoms with E-state index in [4.69, 9.17) is 0 Å². The second kappa shape index (κ2) is 8.02. The van der Waals surface area contributed by atoms with Gasteiger partial charge in [-0.25, -0.2) is 13.6 Å². The third-order valence-electron chi connectivity index (χ3n) is 4.99. The Balaban J connectivity index is 1.90. The first-order valence-electron chi connectivity index (χ1n) is 9.48. The first kappa shape index (κ1) is 19.7. The zero-order chi connectivity index (χ0) is 21.3. The van der Waals surface area contributed by atoms with Crippen molar-refractivity contribution in [1.82, 2.24) is 19.2 Å². The fourth-order valence-electron chi connectivity index (χ4n) is 3.41. The molecule has 4 rings (SSSR count). The monoisotopic (exact) mass is 412 g/mol. The Morgan fingerprint density at radius 3 is 2.30 bits per heavy atom. The van der Waals surface area contributed by atoms with Gasteiger partial charge >= 0.3 is 5.69 Å². The van der Waals surface area contributed by atoms with Crippen molar-refractivity contribution < 1.29 is 13.6 Å². The van der Waals surface area contributed by atoms with Crippen LogP contribution in [0.5, 0.6) is 0 Å². The molecule has 1 saturated heterocycles. The standard InChI is InChI=1S/C21H18F2N4O3/c22-15-9-7-14(8-10-15)13-26-20(29)18(19(28)25-11-3-4-12-25)24-27(21(26)30)17-6-2-1-5-16(17)23/h1-2,5-10H,3-4,11-13H2. The molecule has 3 aromatic rings. The number of likely N-dealkylation sites (tertiary alicyclic amines) is 1. The van der Waals surface area contributed by atoms with E-state index >= 15 is 0 Å². The van der Waals surface area contributed by atoms with Crippen LogP contribution in [0, 0.1) is 11.6 Å². The summed E-state index contributed by atoms with van der Waals surface area (Å²) in [7, 11) is 0. The van der Waals surface area contributed by atoms with Crippen LogP contribution >= 0.6 is 0 Å². The van der Waals surface area contributed by atoms with Gasteiger partial charge in [0.15, 0.2) is 0 Å². The Morgan fingerprint density at radius 2 is 1.63 bits per heavy atom. The van der Waals surface area contributed by atoms with Gasteiger partial charge in [-0.3, -0.25) is 14.2 Å². The molecule has 1 aliphatic heterocycles. The molecule has 1 aromatic heterocycles. The number of amides is 1. The topological polar surface area (TPSA) is 77.2 Å². The minimum atomic E-state index is -0.896.